The summed E-state index contributed by atoms with van der Waals surface area (Å²) in [6.07, 6.45) is 1.99. The number of aliphatic carboxylic acids is 1. The van der Waals surface area contributed by atoms with E-state index in [1.807, 2.05) is 0 Å². The Balaban J connectivity index is 2.26. The Kier molecular flexibility index (Phi) is 6.80. The van der Waals surface area contributed by atoms with Crippen molar-refractivity contribution in [3.05, 3.63) is 0 Å². The van der Waals surface area contributed by atoms with Crippen molar-refractivity contribution in [2.45, 2.75) is 38.7 Å². The monoisotopic (exact) mass is 273 g/mol. The minimum absolute atomic E-state index is 0.0197. The molecule has 1 amide bonds. The maximum absolute atomic E-state index is 12.0. The first-order chi connectivity index (χ1) is 9.02. The Morgan fingerprint density at radius 2 is 1.95 bits per heavy atom. The number of ether oxygens (including phenoxy) is 1. The van der Waals surface area contributed by atoms with Gasteiger partial charge in [0.25, 0.3) is 0 Å². The smallest absolute Gasteiger partial charge is 0.303 e. The molecule has 0 aromatic carbocycles. The van der Waals surface area contributed by atoms with E-state index in [2.05, 4.69) is 0 Å². The highest BCUT2D eigenvalue weighted by atomic mass is 16.5. The number of hydrogen-bond acceptors (Lipinski definition) is 4. The van der Waals surface area contributed by atoms with Gasteiger partial charge in [0.05, 0.1) is 19.3 Å². The van der Waals surface area contributed by atoms with Crippen LogP contribution in [0.3, 0.4) is 0 Å². The van der Waals surface area contributed by atoms with Crippen LogP contribution in [0.2, 0.25) is 0 Å². The largest absolute Gasteiger partial charge is 0.481 e. The van der Waals surface area contributed by atoms with Gasteiger partial charge >= 0.3 is 5.97 Å². The molecule has 0 aliphatic carbocycles. The molecule has 1 aliphatic rings. The molecule has 0 bridgehead atoms. The third kappa shape index (κ3) is 6.02. The third-order valence-electron chi connectivity index (χ3n) is 3.29. The number of carboxylic acids is 1. The Hall–Kier alpha value is -1.14. The molecule has 1 heterocycles. The molecule has 1 fully saturated rings. The molecule has 1 rings (SSSR count). The zero-order valence-corrected chi connectivity index (χ0v) is 11.4. The Bertz CT molecular complexity index is 299. The molecule has 6 heteroatoms. The molecular weight excluding hydrogens is 250 g/mol. The van der Waals surface area contributed by atoms with Crippen LogP contribution in [0, 0.1) is 5.92 Å². The molecule has 110 valence electrons. The molecule has 0 spiro atoms. The SMILES string of the molecule is CC(CC(=O)O)CC(=O)N1CCC(OCCO)CC1. The molecule has 0 aromatic rings. The number of nitrogens with zero attached hydrogens (tertiary/aromatic N) is 1. The first-order valence-corrected chi connectivity index (χ1v) is 6.75. The molecule has 0 saturated carbocycles. The Labute approximate surface area is 113 Å². The normalized spacial score (nSPS) is 18.3. The lowest BCUT2D eigenvalue weighted by Crippen LogP contribution is -2.41. The first-order valence-electron chi connectivity index (χ1n) is 6.75. The zero-order valence-electron chi connectivity index (χ0n) is 11.4. The van der Waals surface area contributed by atoms with Crippen molar-refractivity contribution in [2.24, 2.45) is 5.92 Å². The molecule has 6 nitrogen and oxygen atoms in total. The number of carboxylic acid groups (broad SMARTS) is 1. The molecule has 1 aliphatic heterocycles. The van der Waals surface area contributed by atoms with E-state index in [1.165, 1.54) is 0 Å². The van der Waals surface area contributed by atoms with E-state index in [9.17, 15) is 9.59 Å². The lowest BCUT2D eigenvalue weighted by Gasteiger charge is -2.32. The minimum Gasteiger partial charge on any atom is -0.481 e. The average Bonchev–Trinajstić information content (AvgIpc) is 2.35. The van der Waals surface area contributed by atoms with Gasteiger partial charge in [-0.05, 0) is 18.8 Å². The van der Waals surface area contributed by atoms with Crippen molar-refractivity contribution >= 4 is 11.9 Å². The van der Waals surface area contributed by atoms with E-state index >= 15 is 0 Å². The summed E-state index contributed by atoms with van der Waals surface area (Å²) in [7, 11) is 0. The number of aliphatic hydroxyl groups is 1. The molecule has 1 saturated heterocycles. The molecular formula is C13H23NO5. The van der Waals surface area contributed by atoms with Gasteiger partial charge in [-0.15, -0.1) is 0 Å². The second-order valence-electron chi connectivity index (χ2n) is 5.08. The number of rotatable bonds is 7. The van der Waals surface area contributed by atoms with Crippen molar-refractivity contribution in [1.29, 1.82) is 0 Å². The topological polar surface area (TPSA) is 87.1 Å². The highest BCUT2D eigenvalue weighted by Crippen LogP contribution is 2.17. The second-order valence-corrected chi connectivity index (χ2v) is 5.08. The Morgan fingerprint density at radius 1 is 1.32 bits per heavy atom. The van der Waals surface area contributed by atoms with E-state index < -0.39 is 5.97 Å². The van der Waals surface area contributed by atoms with Crippen LogP contribution in [0.15, 0.2) is 0 Å². The molecule has 19 heavy (non-hydrogen) atoms. The van der Waals surface area contributed by atoms with Crippen molar-refractivity contribution in [1.82, 2.24) is 4.90 Å². The van der Waals surface area contributed by atoms with Crippen LogP contribution >= 0.6 is 0 Å². The van der Waals surface area contributed by atoms with Gasteiger partial charge in [0.2, 0.25) is 5.91 Å². The van der Waals surface area contributed by atoms with E-state index in [-0.39, 0.29) is 37.4 Å². The van der Waals surface area contributed by atoms with Crippen LogP contribution in [-0.4, -0.2) is 59.4 Å². The van der Waals surface area contributed by atoms with E-state index in [0.29, 0.717) is 19.7 Å². The number of aliphatic hydroxyl groups excluding tert-OH is 1. The summed E-state index contributed by atoms with van der Waals surface area (Å²) < 4.78 is 5.43. The molecule has 2 N–H and O–H groups in total. The van der Waals surface area contributed by atoms with Crippen LogP contribution in [0.4, 0.5) is 0 Å². The van der Waals surface area contributed by atoms with Gasteiger partial charge in [-0.25, -0.2) is 0 Å². The van der Waals surface area contributed by atoms with Crippen LogP contribution in [-0.2, 0) is 14.3 Å². The Morgan fingerprint density at radius 3 is 2.47 bits per heavy atom. The van der Waals surface area contributed by atoms with Gasteiger partial charge in [0.1, 0.15) is 0 Å². The van der Waals surface area contributed by atoms with Crippen LogP contribution in [0.1, 0.15) is 32.6 Å². The predicted octanol–water partition coefficient (Wildman–Crippen LogP) is 0.487. The maximum Gasteiger partial charge on any atom is 0.303 e. The van der Waals surface area contributed by atoms with Gasteiger partial charge in [-0.2, -0.15) is 0 Å². The number of carbonyl (C=O) groups is 2. The first kappa shape index (κ1) is 15.9. The number of likely N-dealkylation sites (tertiary alicyclic amines) is 1. The quantitative estimate of drug-likeness (QED) is 0.705. The number of carbonyl (C=O) groups excluding carboxylic acids is 1. The fourth-order valence-electron chi connectivity index (χ4n) is 2.29. The number of piperidine rings is 1. The second kappa shape index (κ2) is 8.12. The van der Waals surface area contributed by atoms with Crippen LogP contribution in [0.25, 0.3) is 0 Å². The average molecular weight is 273 g/mol. The highest BCUT2D eigenvalue weighted by Gasteiger charge is 2.24. The molecule has 1 unspecified atom stereocenters. The van der Waals surface area contributed by atoms with Crippen molar-refractivity contribution in [3.8, 4) is 0 Å². The molecule has 1 atom stereocenters. The third-order valence-corrected chi connectivity index (χ3v) is 3.29. The summed E-state index contributed by atoms with van der Waals surface area (Å²) in [6.45, 7) is 3.44. The number of hydrogen-bond donors (Lipinski definition) is 2. The fraction of sp³-hybridized carbons (Fsp3) is 0.846. The lowest BCUT2D eigenvalue weighted by atomic mass is 10.0. The summed E-state index contributed by atoms with van der Waals surface area (Å²) in [4.78, 5) is 24.3. The maximum atomic E-state index is 12.0. The van der Waals surface area contributed by atoms with Gasteiger partial charge in [0, 0.05) is 25.9 Å². The highest BCUT2D eigenvalue weighted by molar-refractivity contribution is 5.77. The van der Waals surface area contributed by atoms with Crippen molar-refractivity contribution in [2.75, 3.05) is 26.3 Å². The summed E-state index contributed by atoms with van der Waals surface area (Å²) >= 11 is 0. The summed E-state index contributed by atoms with van der Waals surface area (Å²) in [5.41, 5.74) is 0. The number of amides is 1. The summed E-state index contributed by atoms with van der Waals surface area (Å²) in [5.74, 6) is -0.973. The molecule has 0 aromatic heterocycles. The fourth-order valence-corrected chi connectivity index (χ4v) is 2.29. The summed E-state index contributed by atoms with van der Waals surface area (Å²) in [5, 5.41) is 17.3. The van der Waals surface area contributed by atoms with Gasteiger partial charge in [-0.3, -0.25) is 9.59 Å². The lowest BCUT2D eigenvalue weighted by molar-refractivity contribution is -0.139. The van der Waals surface area contributed by atoms with Crippen LogP contribution in [0.5, 0.6) is 0 Å². The van der Waals surface area contributed by atoms with Gasteiger partial charge in [0.15, 0.2) is 0 Å². The zero-order chi connectivity index (χ0) is 14.3. The standard InChI is InChI=1S/C13H23NO5/c1-10(9-13(17)18)8-12(16)14-4-2-11(3-5-14)19-7-6-15/h10-11,15H,2-9H2,1H3,(H,17,18). The van der Waals surface area contributed by atoms with E-state index in [0.717, 1.165) is 12.8 Å². The van der Waals surface area contributed by atoms with Crippen LogP contribution < -0.4 is 0 Å². The molecule has 0 radical (unpaired) electrons. The van der Waals surface area contributed by atoms with Gasteiger partial charge in [-0.1, -0.05) is 6.92 Å². The summed E-state index contributed by atoms with van der Waals surface area (Å²) in [6, 6.07) is 0. The van der Waals surface area contributed by atoms with E-state index in [1.54, 1.807) is 11.8 Å². The predicted molar refractivity (Wildman–Crippen MR) is 68.7 cm³/mol. The van der Waals surface area contributed by atoms with Crippen molar-refractivity contribution in [3.63, 3.8) is 0 Å². The minimum atomic E-state index is -0.864. The van der Waals surface area contributed by atoms with Gasteiger partial charge < -0.3 is 19.8 Å². The van der Waals surface area contributed by atoms with Crippen molar-refractivity contribution < 1.29 is 24.5 Å². The van der Waals surface area contributed by atoms with E-state index in [4.69, 9.17) is 14.9 Å².